The molecule has 0 radical (unpaired) electrons. The van der Waals surface area contributed by atoms with Crippen molar-refractivity contribution in [2.24, 2.45) is 0 Å². The van der Waals surface area contributed by atoms with Gasteiger partial charge in [0.25, 0.3) is 5.91 Å². The molecule has 2 aromatic carbocycles. The molecule has 0 aromatic heterocycles. The molecule has 0 saturated heterocycles. The summed E-state index contributed by atoms with van der Waals surface area (Å²) in [4.78, 5) is 12.1. The van der Waals surface area contributed by atoms with Crippen LogP contribution in [0.1, 0.15) is 32.3 Å². The Kier molecular flexibility index (Phi) is 7.14. The second kappa shape index (κ2) is 9.33. The van der Waals surface area contributed by atoms with E-state index < -0.39 is 6.10 Å². The predicted molar refractivity (Wildman–Crippen MR) is 101 cm³/mol. The van der Waals surface area contributed by atoms with Crippen molar-refractivity contribution in [3.05, 3.63) is 59.1 Å². The number of benzene rings is 2. The summed E-state index contributed by atoms with van der Waals surface area (Å²) in [5.41, 5.74) is 1.16. The molecule has 2 rings (SSSR count). The number of amides is 1. The zero-order valence-corrected chi connectivity index (χ0v) is 15.5. The number of carbonyl (C=O) groups is 1. The van der Waals surface area contributed by atoms with Gasteiger partial charge in [-0.25, -0.2) is 0 Å². The molecule has 0 aliphatic carbocycles. The van der Waals surface area contributed by atoms with Gasteiger partial charge in [0.1, 0.15) is 18.1 Å². The van der Waals surface area contributed by atoms with Crippen molar-refractivity contribution in [1.29, 1.82) is 0 Å². The van der Waals surface area contributed by atoms with Crippen LogP contribution in [0, 0.1) is 0 Å². The second-order valence-electron chi connectivity index (χ2n) is 6.02. The van der Waals surface area contributed by atoms with E-state index in [0.717, 1.165) is 11.3 Å². The summed E-state index contributed by atoms with van der Waals surface area (Å²) in [6, 6.07) is 15.0. The van der Waals surface area contributed by atoms with Crippen LogP contribution in [0.15, 0.2) is 48.5 Å². The van der Waals surface area contributed by atoms with Crippen molar-refractivity contribution < 1.29 is 14.3 Å². The number of carbonyl (C=O) groups excluding carboxylic acids is 1. The lowest BCUT2D eigenvalue weighted by Gasteiger charge is -2.16. The van der Waals surface area contributed by atoms with Gasteiger partial charge in [0.2, 0.25) is 0 Å². The number of para-hydroxylation sites is 2. The molecule has 0 fully saturated rings. The van der Waals surface area contributed by atoms with E-state index in [9.17, 15) is 4.79 Å². The number of hydrogen-bond donors (Lipinski definition) is 1. The molecule has 0 aliphatic heterocycles. The molecule has 0 saturated carbocycles. The molecule has 0 aliphatic rings. The maximum Gasteiger partial charge on any atom is 0.260 e. The Labute approximate surface area is 154 Å². The summed E-state index contributed by atoms with van der Waals surface area (Å²) in [5.74, 6) is 1.52. The maximum atomic E-state index is 12.1. The Hall–Kier alpha value is -2.20. The molecule has 4 nitrogen and oxygen atoms in total. The van der Waals surface area contributed by atoms with Gasteiger partial charge >= 0.3 is 0 Å². The number of nitrogens with one attached hydrogen (secondary N) is 1. The second-order valence-corrected chi connectivity index (χ2v) is 6.43. The van der Waals surface area contributed by atoms with Crippen molar-refractivity contribution >= 4 is 17.5 Å². The first-order chi connectivity index (χ1) is 12.0. The Morgan fingerprint density at radius 3 is 2.36 bits per heavy atom. The smallest absolute Gasteiger partial charge is 0.260 e. The van der Waals surface area contributed by atoms with Crippen LogP contribution in [0.2, 0.25) is 5.02 Å². The zero-order valence-electron chi connectivity index (χ0n) is 14.8. The van der Waals surface area contributed by atoms with Gasteiger partial charge in [0.15, 0.2) is 6.10 Å². The molecule has 2 aromatic rings. The molecular weight excluding hydrogens is 338 g/mol. The zero-order chi connectivity index (χ0) is 18.2. The highest BCUT2D eigenvalue weighted by molar-refractivity contribution is 6.32. The highest BCUT2D eigenvalue weighted by atomic mass is 35.5. The average molecular weight is 362 g/mol. The van der Waals surface area contributed by atoms with Crippen molar-refractivity contribution in [2.45, 2.75) is 32.8 Å². The topological polar surface area (TPSA) is 47.6 Å². The van der Waals surface area contributed by atoms with Crippen molar-refractivity contribution in [3.63, 3.8) is 0 Å². The van der Waals surface area contributed by atoms with E-state index in [1.807, 2.05) is 30.3 Å². The van der Waals surface area contributed by atoms with E-state index >= 15 is 0 Å². The third kappa shape index (κ3) is 5.68. The minimum absolute atomic E-state index is 0.208. The van der Waals surface area contributed by atoms with Gasteiger partial charge in [-0.2, -0.15) is 0 Å². The molecule has 1 atom stereocenters. The molecule has 1 N–H and O–H groups in total. The summed E-state index contributed by atoms with van der Waals surface area (Å²) >= 11 is 6.03. The van der Waals surface area contributed by atoms with Crippen LogP contribution in [-0.2, 0) is 4.79 Å². The number of halogens is 1. The third-order valence-corrected chi connectivity index (χ3v) is 4.02. The third-order valence-electron chi connectivity index (χ3n) is 3.71. The molecule has 0 unspecified atom stereocenters. The summed E-state index contributed by atoms with van der Waals surface area (Å²) < 4.78 is 11.4. The summed E-state index contributed by atoms with van der Waals surface area (Å²) in [7, 11) is 0. The number of rotatable bonds is 8. The Morgan fingerprint density at radius 2 is 1.68 bits per heavy atom. The van der Waals surface area contributed by atoms with E-state index in [0.29, 0.717) is 29.8 Å². The standard InChI is InChI=1S/C20H24ClNO3/c1-14(2)16-8-4-6-10-18(16)24-13-12-22-20(23)15(3)25-19-11-7-5-9-17(19)21/h4-11,14-15H,12-13H2,1-3H3,(H,22,23)/t15-/m1/s1. The molecule has 25 heavy (non-hydrogen) atoms. The van der Waals surface area contributed by atoms with E-state index in [2.05, 4.69) is 25.2 Å². The van der Waals surface area contributed by atoms with Gasteiger partial charge in [-0.15, -0.1) is 0 Å². The fourth-order valence-corrected chi connectivity index (χ4v) is 2.53. The molecule has 134 valence electrons. The van der Waals surface area contributed by atoms with Gasteiger partial charge in [0.05, 0.1) is 11.6 Å². The SMILES string of the molecule is CC(C)c1ccccc1OCCNC(=O)[C@@H](C)Oc1ccccc1Cl. The summed E-state index contributed by atoms with van der Waals surface area (Å²) in [6.07, 6.45) is -0.636. The minimum atomic E-state index is -0.636. The Morgan fingerprint density at radius 1 is 1.04 bits per heavy atom. The molecular formula is C20H24ClNO3. The van der Waals surface area contributed by atoms with Crippen LogP contribution < -0.4 is 14.8 Å². The molecule has 0 bridgehead atoms. The monoisotopic (exact) mass is 361 g/mol. The number of hydrogen-bond acceptors (Lipinski definition) is 3. The van der Waals surface area contributed by atoms with Crippen molar-refractivity contribution in [1.82, 2.24) is 5.32 Å². The van der Waals surface area contributed by atoms with Crippen LogP contribution in [0.3, 0.4) is 0 Å². The van der Waals surface area contributed by atoms with Gasteiger partial charge in [-0.3, -0.25) is 4.79 Å². The van der Waals surface area contributed by atoms with Gasteiger partial charge in [-0.05, 0) is 36.6 Å². The normalized spacial score (nSPS) is 11.9. The fraction of sp³-hybridized carbons (Fsp3) is 0.350. The highest BCUT2D eigenvalue weighted by Gasteiger charge is 2.15. The van der Waals surface area contributed by atoms with Crippen LogP contribution in [-0.4, -0.2) is 25.2 Å². The molecule has 0 heterocycles. The van der Waals surface area contributed by atoms with Gasteiger partial charge in [-0.1, -0.05) is 55.8 Å². The largest absolute Gasteiger partial charge is 0.491 e. The van der Waals surface area contributed by atoms with Crippen LogP contribution in [0.4, 0.5) is 0 Å². The predicted octanol–water partition coefficient (Wildman–Crippen LogP) is 4.43. The Bertz CT molecular complexity index is 703. The fourth-order valence-electron chi connectivity index (χ4n) is 2.35. The lowest BCUT2D eigenvalue weighted by atomic mass is 10.0. The molecule has 0 spiro atoms. The van der Waals surface area contributed by atoms with Crippen LogP contribution in [0.25, 0.3) is 0 Å². The summed E-state index contributed by atoms with van der Waals surface area (Å²) in [5, 5.41) is 3.29. The van der Waals surface area contributed by atoms with Gasteiger partial charge < -0.3 is 14.8 Å². The maximum absolute atomic E-state index is 12.1. The lowest BCUT2D eigenvalue weighted by molar-refractivity contribution is -0.127. The first-order valence-corrected chi connectivity index (χ1v) is 8.77. The Balaban J connectivity index is 1.78. The van der Waals surface area contributed by atoms with Gasteiger partial charge in [0, 0.05) is 0 Å². The van der Waals surface area contributed by atoms with Crippen molar-refractivity contribution in [3.8, 4) is 11.5 Å². The summed E-state index contributed by atoms with van der Waals surface area (Å²) in [6.45, 7) is 6.73. The van der Waals surface area contributed by atoms with E-state index in [1.54, 1.807) is 19.1 Å². The van der Waals surface area contributed by atoms with E-state index in [1.165, 1.54) is 0 Å². The van der Waals surface area contributed by atoms with E-state index in [-0.39, 0.29) is 5.91 Å². The quantitative estimate of drug-likeness (QED) is 0.708. The minimum Gasteiger partial charge on any atom is -0.491 e. The average Bonchev–Trinajstić information content (AvgIpc) is 2.60. The first-order valence-electron chi connectivity index (χ1n) is 8.39. The molecule has 1 amide bonds. The lowest BCUT2D eigenvalue weighted by Crippen LogP contribution is -2.38. The highest BCUT2D eigenvalue weighted by Crippen LogP contribution is 2.26. The van der Waals surface area contributed by atoms with E-state index in [4.69, 9.17) is 21.1 Å². The number of ether oxygens (including phenoxy) is 2. The molecule has 5 heteroatoms. The first kappa shape index (κ1) is 19.1. The van der Waals surface area contributed by atoms with Crippen molar-refractivity contribution in [2.75, 3.05) is 13.2 Å². The van der Waals surface area contributed by atoms with Crippen LogP contribution >= 0.6 is 11.6 Å². The van der Waals surface area contributed by atoms with Crippen LogP contribution in [0.5, 0.6) is 11.5 Å².